The van der Waals surface area contributed by atoms with E-state index in [0.29, 0.717) is 6.10 Å². The summed E-state index contributed by atoms with van der Waals surface area (Å²) < 4.78 is 10.9. The van der Waals surface area contributed by atoms with Gasteiger partial charge in [0.05, 0.1) is 19.3 Å². The number of rotatable bonds is 2. The number of ether oxygens (including phenoxy) is 2. The van der Waals surface area contributed by atoms with Crippen LogP contribution in [0, 0.1) is 0 Å². The van der Waals surface area contributed by atoms with Crippen molar-refractivity contribution in [2.45, 2.75) is 32.0 Å². The molecule has 1 aliphatic heterocycles. The molecule has 2 rings (SSSR count). The third-order valence-corrected chi connectivity index (χ3v) is 2.72. The van der Waals surface area contributed by atoms with Crippen molar-refractivity contribution in [1.29, 1.82) is 0 Å². The number of hydrogen-bond donors (Lipinski definition) is 0. The van der Waals surface area contributed by atoms with Crippen LogP contribution in [0.1, 0.15) is 31.4 Å². The Morgan fingerprint density at radius 2 is 1.93 bits per heavy atom. The van der Waals surface area contributed by atoms with Crippen LogP contribution in [0.5, 0.6) is 5.75 Å². The first-order valence-electron chi connectivity index (χ1n) is 5.09. The van der Waals surface area contributed by atoms with Crippen LogP contribution in [0.4, 0.5) is 0 Å². The zero-order chi connectivity index (χ0) is 9.97. The van der Waals surface area contributed by atoms with Crippen LogP contribution in [0.25, 0.3) is 0 Å². The average Bonchev–Trinajstić information content (AvgIpc) is 2.65. The third-order valence-electron chi connectivity index (χ3n) is 2.72. The highest BCUT2D eigenvalue weighted by Crippen LogP contribution is 2.32. The second-order valence-electron chi connectivity index (χ2n) is 3.79. The van der Waals surface area contributed by atoms with E-state index in [1.165, 1.54) is 5.56 Å². The lowest BCUT2D eigenvalue weighted by molar-refractivity contribution is 0.0555. The minimum absolute atomic E-state index is 0.288. The molecule has 76 valence electrons. The molecule has 1 heterocycles. The van der Waals surface area contributed by atoms with E-state index in [0.717, 1.165) is 18.6 Å². The summed E-state index contributed by atoms with van der Waals surface area (Å²) in [5.41, 5.74) is 1.26. The summed E-state index contributed by atoms with van der Waals surface area (Å²) in [6.07, 6.45) is 2.99. The van der Waals surface area contributed by atoms with Gasteiger partial charge in [0.2, 0.25) is 0 Å². The first-order chi connectivity index (χ1) is 6.79. The smallest absolute Gasteiger partial charge is 0.118 e. The average molecular weight is 192 g/mol. The van der Waals surface area contributed by atoms with Crippen LogP contribution in [-0.2, 0) is 4.74 Å². The monoisotopic (exact) mass is 192 g/mol. The van der Waals surface area contributed by atoms with Crippen molar-refractivity contribution in [1.82, 2.24) is 0 Å². The summed E-state index contributed by atoms with van der Waals surface area (Å²) >= 11 is 0. The predicted octanol–water partition coefficient (Wildman–Crippen LogP) is 2.94. The summed E-state index contributed by atoms with van der Waals surface area (Å²) in [6, 6.07) is 8.15. The molecule has 14 heavy (non-hydrogen) atoms. The molecule has 0 spiro atoms. The highest BCUT2D eigenvalue weighted by Gasteiger charge is 2.22. The van der Waals surface area contributed by atoms with Gasteiger partial charge < -0.3 is 9.47 Å². The second kappa shape index (κ2) is 4.01. The SMILES string of the molecule is COc1ccc([C@@H]2CC[C@H](C)O2)cc1. The Hall–Kier alpha value is -1.02. The van der Waals surface area contributed by atoms with Crippen LogP contribution in [-0.4, -0.2) is 13.2 Å². The van der Waals surface area contributed by atoms with Gasteiger partial charge in [0, 0.05) is 0 Å². The van der Waals surface area contributed by atoms with Gasteiger partial charge in [-0.25, -0.2) is 0 Å². The Bertz CT molecular complexity index is 292. The Kier molecular flexibility index (Phi) is 2.73. The third kappa shape index (κ3) is 1.90. The van der Waals surface area contributed by atoms with Crippen molar-refractivity contribution in [3.8, 4) is 5.75 Å². The highest BCUT2D eigenvalue weighted by molar-refractivity contribution is 5.28. The summed E-state index contributed by atoms with van der Waals surface area (Å²) in [7, 11) is 1.68. The fourth-order valence-corrected chi connectivity index (χ4v) is 1.87. The van der Waals surface area contributed by atoms with Crippen LogP contribution < -0.4 is 4.74 Å². The van der Waals surface area contributed by atoms with Crippen molar-refractivity contribution in [3.05, 3.63) is 29.8 Å². The van der Waals surface area contributed by atoms with Crippen molar-refractivity contribution >= 4 is 0 Å². The lowest BCUT2D eigenvalue weighted by Gasteiger charge is -2.11. The van der Waals surface area contributed by atoms with Crippen molar-refractivity contribution in [3.63, 3.8) is 0 Å². The van der Waals surface area contributed by atoms with Gasteiger partial charge in [-0.05, 0) is 37.5 Å². The standard InChI is InChI=1S/C12H16O2/c1-9-3-8-12(14-9)10-4-6-11(13-2)7-5-10/h4-7,9,12H,3,8H2,1-2H3/t9-,12-/m0/s1. The van der Waals surface area contributed by atoms with Gasteiger partial charge in [-0.3, -0.25) is 0 Å². The maximum atomic E-state index is 5.78. The fourth-order valence-electron chi connectivity index (χ4n) is 1.87. The molecule has 1 fully saturated rings. The van der Waals surface area contributed by atoms with Gasteiger partial charge in [-0.1, -0.05) is 12.1 Å². The van der Waals surface area contributed by atoms with Crippen molar-refractivity contribution in [2.75, 3.05) is 7.11 Å². The molecule has 0 bridgehead atoms. The normalized spacial score (nSPS) is 26.4. The number of methoxy groups -OCH3 is 1. The van der Waals surface area contributed by atoms with Gasteiger partial charge in [-0.15, -0.1) is 0 Å². The maximum Gasteiger partial charge on any atom is 0.118 e. The van der Waals surface area contributed by atoms with E-state index in [9.17, 15) is 0 Å². The molecule has 2 heteroatoms. The Labute approximate surface area is 84.8 Å². The van der Waals surface area contributed by atoms with Crippen LogP contribution in [0.3, 0.4) is 0 Å². The largest absolute Gasteiger partial charge is 0.497 e. The second-order valence-corrected chi connectivity index (χ2v) is 3.79. The molecular formula is C12H16O2. The summed E-state index contributed by atoms with van der Waals surface area (Å²) in [6.45, 7) is 2.13. The molecule has 1 aromatic carbocycles. The predicted molar refractivity (Wildman–Crippen MR) is 55.5 cm³/mol. The zero-order valence-corrected chi connectivity index (χ0v) is 8.69. The van der Waals surface area contributed by atoms with Gasteiger partial charge in [-0.2, -0.15) is 0 Å². The molecule has 0 unspecified atom stereocenters. The zero-order valence-electron chi connectivity index (χ0n) is 8.69. The maximum absolute atomic E-state index is 5.78. The molecule has 2 nitrogen and oxygen atoms in total. The van der Waals surface area contributed by atoms with Crippen LogP contribution in [0.15, 0.2) is 24.3 Å². The van der Waals surface area contributed by atoms with E-state index in [1.54, 1.807) is 7.11 Å². The molecule has 0 amide bonds. The summed E-state index contributed by atoms with van der Waals surface area (Å²) in [5, 5.41) is 0. The molecule has 1 aliphatic rings. The summed E-state index contributed by atoms with van der Waals surface area (Å²) in [4.78, 5) is 0. The molecule has 0 saturated carbocycles. The van der Waals surface area contributed by atoms with E-state index < -0.39 is 0 Å². The molecule has 0 aromatic heterocycles. The molecule has 2 atom stereocenters. The molecule has 1 saturated heterocycles. The molecule has 0 radical (unpaired) electrons. The first kappa shape index (κ1) is 9.53. The van der Waals surface area contributed by atoms with E-state index in [2.05, 4.69) is 19.1 Å². The van der Waals surface area contributed by atoms with E-state index in [1.807, 2.05) is 12.1 Å². The lowest BCUT2D eigenvalue weighted by Crippen LogP contribution is -2.00. The minimum Gasteiger partial charge on any atom is -0.497 e. The molecule has 1 aromatic rings. The number of hydrogen-bond acceptors (Lipinski definition) is 2. The quantitative estimate of drug-likeness (QED) is 0.717. The van der Waals surface area contributed by atoms with E-state index in [4.69, 9.17) is 9.47 Å². The van der Waals surface area contributed by atoms with E-state index in [-0.39, 0.29) is 6.10 Å². The first-order valence-corrected chi connectivity index (χ1v) is 5.09. The Morgan fingerprint density at radius 3 is 2.43 bits per heavy atom. The van der Waals surface area contributed by atoms with Gasteiger partial charge >= 0.3 is 0 Å². The number of benzene rings is 1. The fraction of sp³-hybridized carbons (Fsp3) is 0.500. The molecular weight excluding hydrogens is 176 g/mol. The lowest BCUT2D eigenvalue weighted by atomic mass is 10.1. The van der Waals surface area contributed by atoms with Gasteiger partial charge in [0.15, 0.2) is 0 Å². The van der Waals surface area contributed by atoms with Crippen LogP contribution >= 0.6 is 0 Å². The highest BCUT2D eigenvalue weighted by atomic mass is 16.5. The van der Waals surface area contributed by atoms with E-state index >= 15 is 0 Å². The molecule has 0 N–H and O–H groups in total. The Balaban J connectivity index is 2.09. The van der Waals surface area contributed by atoms with Crippen molar-refractivity contribution in [2.24, 2.45) is 0 Å². The van der Waals surface area contributed by atoms with Gasteiger partial charge in [0.1, 0.15) is 5.75 Å². The Morgan fingerprint density at radius 1 is 1.21 bits per heavy atom. The topological polar surface area (TPSA) is 18.5 Å². The van der Waals surface area contributed by atoms with Crippen molar-refractivity contribution < 1.29 is 9.47 Å². The molecule has 0 aliphatic carbocycles. The minimum atomic E-state index is 0.288. The van der Waals surface area contributed by atoms with Crippen LogP contribution in [0.2, 0.25) is 0 Å². The van der Waals surface area contributed by atoms with Gasteiger partial charge in [0.25, 0.3) is 0 Å². The summed E-state index contributed by atoms with van der Waals surface area (Å²) in [5.74, 6) is 0.903.